The van der Waals surface area contributed by atoms with Gasteiger partial charge in [-0.25, -0.2) is 0 Å². The first-order chi connectivity index (χ1) is 8.56. The zero-order chi connectivity index (χ0) is 13.1. The van der Waals surface area contributed by atoms with Gasteiger partial charge in [-0.05, 0) is 46.9 Å². The van der Waals surface area contributed by atoms with E-state index in [1.165, 1.54) is 12.1 Å². The lowest BCUT2D eigenvalue weighted by molar-refractivity contribution is -0.380. The Bertz CT molecular complexity index is 612. The highest BCUT2D eigenvalue weighted by atomic mass is 127. The molecule has 7 heteroatoms. The Hall–Kier alpha value is -1.48. The number of halogens is 1. The number of carbonyl (C=O) groups is 1. The molecule has 0 saturated carbocycles. The van der Waals surface area contributed by atoms with Crippen molar-refractivity contribution in [1.29, 1.82) is 0 Å². The van der Waals surface area contributed by atoms with Crippen molar-refractivity contribution < 1.29 is 9.72 Å². The van der Waals surface area contributed by atoms with Crippen LogP contribution in [0.3, 0.4) is 0 Å². The molecule has 0 fully saturated rings. The largest absolute Gasteiger partial charge is 0.324 e. The summed E-state index contributed by atoms with van der Waals surface area (Å²) >= 11 is 3.00. The summed E-state index contributed by atoms with van der Waals surface area (Å²) in [5, 5.41) is 13.2. The Balaban J connectivity index is 2.14. The second-order valence-electron chi connectivity index (χ2n) is 3.36. The third-order valence-corrected chi connectivity index (χ3v) is 3.78. The smallest absolute Gasteiger partial charge is 0.321 e. The van der Waals surface area contributed by atoms with E-state index in [0.717, 1.165) is 14.9 Å². The third kappa shape index (κ3) is 3.05. The van der Waals surface area contributed by atoms with Crippen molar-refractivity contribution in [2.24, 2.45) is 0 Å². The molecule has 0 bridgehead atoms. The average molecular weight is 374 g/mol. The first kappa shape index (κ1) is 13.0. The lowest BCUT2D eigenvalue weighted by Crippen LogP contribution is -2.09. The van der Waals surface area contributed by atoms with Crippen LogP contribution in [0.1, 0.15) is 9.67 Å². The molecule has 5 nitrogen and oxygen atoms in total. The van der Waals surface area contributed by atoms with Crippen LogP contribution in [0.2, 0.25) is 0 Å². The Morgan fingerprint density at radius 1 is 1.33 bits per heavy atom. The van der Waals surface area contributed by atoms with E-state index in [2.05, 4.69) is 27.9 Å². The zero-order valence-corrected chi connectivity index (χ0v) is 11.9. The molecular weight excluding hydrogens is 367 g/mol. The van der Waals surface area contributed by atoms with Gasteiger partial charge in [-0.1, -0.05) is 17.4 Å². The quantitative estimate of drug-likeness (QED) is 0.508. The molecule has 92 valence electrons. The number of hydrogen-bond donors (Lipinski definition) is 1. The van der Waals surface area contributed by atoms with Gasteiger partial charge in [0, 0.05) is 15.3 Å². The summed E-state index contributed by atoms with van der Waals surface area (Å²) < 4.78 is 1.00. The second-order valence-corrected chi connectivity index (χ2v) is 5.67. The lowest BCUT2D eigenvalue weighted by Gasteiger charge is -2.03. The highest BCUT2D eigenvalue weighted by Crippen LogP contribution is 2.24. The summed E-state index contributed by atoms with van der Waals surface area (Å²) in [6, 6.07) is 10.1. The van der Waals surface area contributed by atoms with Gasteiger partial charge in [0.15, 0.2) is 0 Å². The van der Waals surface area contributed by atoms with Gasteiger partial charge in [0.05, 0.1) is 9.80 Å². The Kier molecular flexibility index (Phi) is 3.92. The molecular formula is C11H7IN2O3S. The maximum Gasteiger partial charge on any atom is 0.324 e. The molecule has 1 aromatic carbocycles. The number of nitrogens with zero attached hydrogens (tertiary/aromatic N) is 1. The summed E-state index contributed by atoms with van der Waals surface area (Å²) in [5.41, 5.74) is 0.669. The summed E-state index contributed by atoms with van der Waals surface area (Å²) in [4.78, 5) is 22.2. The van der Waals surface area contributed by atoms with Gasteiger partial charge in [-0.3, -0.25) is 14.9 Å². The summed E-state index contributed by atoms with van der Waals surface area (Å²) in [5.74, 6) is -0.338. The van der Waals surface area contributed by atoms with Crippen molar-refractivity contribution in [2.75, 3.05) is 5.32 Å². The predicted molar refractivity (Wildman–Crippen MR) is 78.1 cm³/mol. The number of nitro groups is 1. The molecule has 0 radical (unpaired) electrons. The van der Waals surface area contributed by atoms with Crippen molar-refractivity contribution in [1.82, 2.24) is 0 Å². The number of anilines is 1. The molecule has 0 atom stereocenters. The van der Waals surface area contributed by atoms with Crippen molar-refractivity contribution in [3.05, 3.63) is 55.0 Å². The Labute approximate surface area is 120 Å². The van der Waals surface area contributed by atoms with E-state index < -0.39 is 4.92 Å². The molecule has 18 heavy (non-hydrogen) atoms. The van der Waals surface area contributed by atoms with Gasteiger partial charge in [0.25, 0.3) is 5.91 Å². The molecule has 2 rings (SSSR count). The summed E-state index contributed by atoms with van der Waals surface area (Å²) in [7, 11) is 0. The fourth-order valence-electron chi connectivity index (χ4n) is 1.31. The van der Waals surface area contributed by atoms with Crippen LogP contribution in [-0.4, -0.2) is 10.8 Å². The number of nitrogens with one attached hydrogen (secondary N) is 1. The fraction of sp³-hybridized carbons (Fsp3) is 0. The van der Waals surface area contributed by atoms with Crippen LogP contribution < -0.4 is 5.32 Å². The molecule has 0 spiro atoms. The predicted octanol–water partition coefficient (Wildman–Crippen LogP) is 3.51. The molecule has 0 aliphatic heterocycles. The maximum absolute atomic E-state index is 11.8. The zero-order valence-electron chi connectivity index (χ0n) is 8.92. The van der Waals surface area contributed by atoms with E-state index in [9.17, 15) is 14.9 Å². The van der Waals surface area contributed by atoms with Gasteiger partial charge in [0.2, 0.25) is 0 Å². The van der Waals surface area contributed by atoms with E-state index in [1.54, 1.807) is 6.07 Å². The second kappa shape index (κ2) is 5.44. The number of carbonyl (C=O) groups excluding carboxylic acids is 1. The van der Waals surface area contributed by atoms with Gasteiger partial charge in [-0.2, -0.15) is 0 Å². The number of thiophene rings is 1. The fourth-order valence-corrected chi connectivity index (χ4v) is 2.57. The van der Waals surface area contributed by atoms with E-state index in [1.807, 2.05) is 18.2 Å². The first-order valence-corrected chi connectivity index (χ1v) is 6.77. The van der Waals surface area contributed by atoms with E-state index >= 15 is 0 Å². The summed E-state index contributed by atoms with van der Waals surface area (Å²) in [6.45, 7) is 0. The Morgan fingerprint density at radius 2 is 2.11 bits per heavy atom. The van der Waals surface area contributed by atoms with Crippen LogP contribution in [0.5, 0.6) is 0 Å². The van der Waals surface area contributed by atoms with Crippen molar-refractivity contribution >= 4 is 50.5 Å². The van der Waals surface area contributed by atoms with Gasteiger partial charge < -0.3 is 5.32 Å². The van der Waals surface area contributed by atoms with Crippen LogP contribution in [0.15, 0.2) is 36.4 Å². The van der Waals surface area contributed by atoms with Crippen LogP contribution in [0.4, 0.5) is 10.7 Å². The maximum atomic E-state index is 11.8. The first-order valence-electron chi connectivity index (χ1n) is 4.87. The number of amides is 1. The molecule has 1 aromatic heterocycles. The Morgan fingerprint density at radius 3 is 2.72 bits per heavy atom. The van der Waals surface area contributed by atoms with Crippen LogP contribution in [-0.2, 0) is 0 Å². The van der Waals surface area contributed by atoms with Crippen LogP contribution >= 0.6 is 33.9 Å². The molecule has 0 aliphatic carbocycles. The molecule has 1 heterocycles. The van der Waals surface area contributed by atoms with E-state index in [4.69, 9.17) is 0 Å². The topological polar surface area (TPSA) is 72.2 Å². The minimum absolute atomic E-state index is 0.0391. The van der Waals surface area contributed by atoms with Crippen LogP contribution in [0, 0.1) is 13.7 Å². The normalized spacial score (nSPS) is 10.1. The van der Waals surface area contributed by atoms with Crippen molar-refractivity contribution in [3.63, 3.8) is 0 Å². The lowest BCUT2D eigenvalue weighted by atomic mass is 10.3. The monoisotopic (exact) mass is 374 g/mol. The van der Waals surface area contributed by atoms with Crippen LogP contribution in [0.25, 0.3) is 0 Å². The van der Waals surface area contributed by atoms with E-state index in [-0.39, 0.29) is 10.9 Å². The molecule has 2 aromatic rings. The molecule has 0 aliphatic rings. The number of benzene rings is 1. The molecule has 1 amide bonds. The number of hydrogen-bond acceptors (Lipinski definition) is 4. The van der Waals surface area contributed by atoms with Gasteiger partial charge >= 0.3 is 5.00 Å². The van der Waals surface area contributed by atoms with Crippen molar-refractivity contribution in [2.45, 2.75) is 0 Å². The molecule has 0 saturated heterocycles. The standard InChI is InChI=1S/C11H7IN2O3S/c12-7-2-1-3-8(6-7)13-11(15)9-4-5-10(18-9)14(16)17/h1-6H,(H,13,15). The SMILES string of the molecule is O=C(Nc1cccc(I)c1)c1ccc([N+](=O)[O-])s1. The van der Waals surface area contributed by atoms with Crippen molar-refractivity contribution in [3.8, 4) is 0 Å². The highest BCUT2D eigenvalue weighted by molar-refractivity contribution is 14.1. The van der Waals surface area contributed by atoms with Gasteiger partial charge in [-0.15, -0.1) is 0 Å². The summed E-state index contributed by atoms with van der Waals surface area (Å²) in [6.07, 6.45) is 0. The minimum Gasteiger partial charge on any atom is -0.321 e. The number of rotatable bonds is 3. The third-order valence-electron chi connectivity index (χ3n) is 2.08. The highest BCUT2D eigenvalue weighted by Gasteiger charge is 2.15. The molecule has 1 N–H and O–H groups in total. The molecule has 0 unspecified atom stereocenters. The van der Waals surface area contributed by atoms with E-state index in [0.29, 0.717) is 10.6 Å². The average Bonchev–Trinajstić information content (AvgIpc) is 2.78. The van der Waals surface area contributed by atoms with Gasteiger partial charge in [0.1, 0.15) is 0 Å². The minimum atomic E-state index is -0.507.